The van der Waals surface area contributed by atoms with Gasteiger partial charge in [0, 0.05) is 25.1 Å². The van der Waals surface area contributed by atoms with Crippen LogP contribution < -0.4 is 5.32 Å². The molecule has 1 aromatic rings. The zero-order chi connectivity index (χ0) is 15.6. The zero-order valence-corrected chi connectivity index (χ0v) is 12.5. The monoisotopic (exact) mass is 306 g/mol. The van der Waals surface area contributed by atoms with Crippen molar-refractivity contribution in [1.82, 2.24) is 5.32 Å². The Morgan fingerprint density at radius 2 is 2.32 bits per heavy atom. The van der Waals surface area contributed by atoms with Gasteiger partial charge in [0.25, 0.3) is 5.91 Å². The summed E-state index contributed by atoms with van der Waals surface area (Å²) in [5.74, 6) is -0.619. The third-order valence-electron chi connectivity index (χ3n) is 4.04. The lowest BCUT2D eigenvalue weighted by Crippen LogP contribution is -2.46. The molecule has 0 radical (unpaired) electrons. The molecule has 1 saturated heterocycles. The van der Waals surface area contributed by atoms with Crippen molar-refractivity contribution in [3.63, 3.8) is 0 Å². The second kappa shape index (κ2) is 6.04. The van der Waals surface area contributed by atoms with Crippen LogP contribution in [0, 0.1) is 5.82 Å². The number of nitrogens with one attached hydrogen (secondary N) is 1. The van der Waals surface area contributed by atoms with Crippen LogP contribution in [0.4, 0.5) is 4.39 Å². The summed E-state index contributed by atoms with van der Waals surface area (Å²) in [6, 6.07) is 6.34. The van der Waals surface area contributed by atoms with Gasteiger partial charge in [0.15, 0.2) is 0 Å². The van der Waals surface area contributed by atoms with Crippen LogP contribution in [0.5, 0.6) is 0 Å². The predicted molar refractivity (Wildman–Crippen MR) is 79.0 cm³/mol. The number of halogens is 1. The van der Waals surface area contributed by atoms with Crippen molar-refractivity contribution in [3.05, 3.63) is 35.6 Å². The van der Waals surface area contributed by atoms with Crippen molar-refractivity contribution in [2.75, 3.05) is 13.2 Å². The first kappa shape index (κ1) is 15.0. The van der Waals surface area contributed by atoms with Crippen LogP contribution in [0.15, 0.2) is 29.4 Å². The fraction of sp³-hybridized carbons (Fsp3) is 0.500. The molecule has 0 spiro atoms. The van der Waals surface area contributed by atoms with Crippen LogP contribution in [0.25, 0.3) is 0 Å². The summed E-state index contributed by atoms with van der Waals surface area (Å²) in [6.07, 6.45) is 2.29. The molecular weight excluding hydrogens is 287 g/mol. The summed E-state index contributed by atoms with van der Waals surface area (Å²) in [6.45, 7) is 2.87. The Kier molecular flexibility index (Phi) is 4.11. The van der Waals surface area contributed by atoms with Crippen molar-refractivity contribution >= 4 is 11.6 Å². The number of benzene rings is 1. The molecule has 1 aromatic carbocycles. The Hall–Kier alpha value is -1.95. The lowest BCUT2D eigenvalue weighted by atomic mass is 9.95. The largest absolute Gasteiger partial charge is 0.379 e. The number of amides is 1. The molecule has 6 heteroatoms. The number of carbonyl (C=O) groups excluding carboxylic acids is 1. The molecule has 0 unspecified atom stereocenters. The van der Waals surface area contributed by atoms with Gasteiger partial charge >= 0.3 is 0 Å². The highest BCUT2D eigenvalue weighted by molar-refractivity contribution is 6.05. The maximum atomic E-state index is 13.8. The smallest absolute Gasteiger partial charge is 0.267 e. The SMILES string of the molecule is C[C@@]1(C(=O)NC[C@H]2CCCO2)CC(c2ccccc2F)=NO1. The van der Waals surface area contributed by atoms with Crippen molar-refractivity contribution in [2.24, 2.45) is 5.16 Å². The van der Waals surface area contributed by atoms with Crippen molar-refractivity contribution in [3.8, 4) is 0 Å². The molecule has 22 heavy (non-hydrogen) atoms. The average molecular weight is 306 g/mol. The normalized spacial score (nSPS) is 27.4. The molecule has 3 rings (SSSR count). The van der Waals surface area contributed by atoms with Crippen LogP contribution >= 0.6 is 0 Å². The van der Waals surface area contributed by atoms with Gasteiger partial charge in [-0.25, -0.2) is 4.39 Å². The van der Waals surface area contributed by atoms with Crippen LogP contribution in [-0.2, 0) is 14.4 Å². The summed E-state index contributed by atoms with van der Waals surface area (Å²) in [5, 5.41) is 6.74. The number of rotatable bonds is 4. The van der Waals surface area contributed by atoms with Crippen LogP contribution in [-0.4, -0.2) is 36.5 Å². The summed E-state index contributed by atoms with van der Waals surface area (Å²) in [5.41, 5.74) is -0.276. The number of hydrogen-bond acceptors (Lipinski definition) is 4. The van der Waals surface area contributed by atoms with E-state index in [0.717, 1.165) is 19.4 Å². The standard InChI is InChI=1S/C16H19FN2O3/c1-16(15(20)18-10-11-5-4-8-21-11)9-14(19-22-16)12-6-2-3-7-13(12)17/h2-3,6-7,11H,4-5,8-10H2,1H3,(H,18,20)/t11-,16+/m1/s1. The number of ether oxygens (including phenoxy) is 1. The van der Waals surface area contributed by atoms with Gasteiger partial charge in [-0.3, -0.25) is 4.79 Å². The van der Waals surface area contributed by atoms with Gasteiger partial charge in [0.05, 0.1) is 11.8 Å². The molecule has 0 saturated carbocycles. The van der Waals surface area contributed by atoms with E-state index in [1.807, 2.05) is 0 Å². The summed E-state index contributed by atoms with van der Waals surface area (Å²) in [4.78, 5) is 17.6. The highest BCUT2D eigenvalue weighted by Crippen LogP contribution is 2.27. The second-order valence-electron chi connectivity index (χ2n) is 5.86. The van der Waals surface area contributed by atoms with Crippen LogP contribution in [0.1, 0.15) is 31.7 Å². The lowest BCUT2D eigenvalue weighted by molar-refractivity contribution is -0.142. The Morgan fingerprint density at radius 1 is 1.50 bits per heavy atom. The molecule has 0 bridgehead atoms. The minimum atomic E-state index is -1.10. The third-order valence-corrected chi connectivity index (χ3v) is 4.04. The average Bonchev–Trinajstić information content (AvgIpc) is 3.16. The van der Waals surface area contributed by atoms with Gasteiger partial charge < -0.3 is 14.9 Å². The second-order valence-corrected chi connectivity index (χ2v) is 5.86. The van der Waals surface area contributed by atoms with Gasteiger partial charge in [-0.05, 0) is 25.8 Å². The molecule has 2 aliphatic rings. The third kappa shape index (κ3) is 2.97. The number of hydrogen-bond donors (Lipinski definition) is 1. The Labute approximate surface area is 128 Å². The van der Waals surface area contributed by atoms with Crippen LogP contribution in [0.2, 0.25) is 0 Å². The zero-order valence-electron chi connectivity index (χ0n) is 12.5. The number of oxime groups is 1. The summed E-state index contributed by atoms with van der Waals surface area (Å²) in [7, 11) is 0. The van der Waals surface area contributed by atoms with Gasteiger partial charge in [-0.15, -0.1) is 0 Å². The number of nitrogens with zero attached hydrogens (tertiary/aromatic N) is 1. The van der Waals surface area contributed by atoms with E-state index >= 15 is 0 Å². The predicted octanol–water partition coefficient (Wildman–Crippen LogP) is 2.00. The van der Waals surface area contributed by atoms with E-state index in [9.17, 15) is 9.18 Å². The Morgan fingerprint density at radius 3 is 3.05 bits per heavy atom. The fourth-order valence-corrected chi connectivity index (χ4v) is 2.70. The first-order valence-corrected chi connectivity index (χ1v) is 7.48. The Bertz CT molecular complexity index is 599. The molecule has 1 fully saturated rings. The van der Waals surface area contributed by atoms with E-state index in [2.05, 4.69) is 10.5 Å². The molecule has 0 aromatic heterocycles. The fourth-order valence-electron chi connectivity index (χ4n) is 2.70. The maximum Gasteiger partial charge on any atom is 0.267 e. The molecular formula is C16H19FN2O3. The first-order chi connectivity index (χ1) is 10.6. The Balaban J connectivity index is 1.61. The van der Waals surface area contributed by atoms with Gasteiger partial charge in [0.1, 0.15) is 5.82 Å². The van der Waals surface area contributed by atoms with E-state index in [0.29, 0.717) is 17.8 Å². The molecule has 1 amide bonds. The van der Waals surface area contributed by atoms with E-state index in [1.54, 1.807) is 25.1 Å². The topological polar surface area (TPSA) is 59.9 Å². The molecule has 2 aliphatic heterocycles. The van der Waals surface area contributed by atoms with Gasteiger partial charge in [0.2, 0.25) is 5.60 Å². The van der Waals surface area contributed by atoms with Crippen molar-refractivity contribution in [2.45, 2.75) is 37.9 Å². The van der Waals surface area contributed by atoms with E-state index < -0.39 is 5.60 Å². The first-order valence-electron chi connectivity index (χ1n) is 7.48. The highest BCUT2D eigenvalue weighted by atomic mass is 19.1. The molecule has 118 valence electrons. The van der Waals surface area contributed by atoms with Gasteiger partial charge in [-0.2, -0.15) is 0 Å². The number of carbonyl (C=O) groups is 1. The molecule has 2 heterocycles. The van der Waals surface area contributed by atoms with E-state index in [-0.39, 0.29) is 24.2 Å². The minimum Gasteiger partial charge on any atom is -0.379 e. The van der Waals surface area contributed by atoms with Crippen molar-refractivity contribution < 1.29 is 18.8 Å². The molecule has 0 aliphatic carbocycles. The van der Waals surface area contributed by atoms with Gasteiger partial charge in [-0.1, -0.05) is 23.4 Å². The molecule has 1 N–H and O–H groups in total. The molecule has 5 nitrogen and oxygen atoms in total. The summed E-state index contributed by atoms with van der Waals surface area (Å²) < 4.78 is 19.3. The lowest BCUT2D eigenvalue weighted by Gasteiger charge is -2.21. The van der Waals surface area contributed by atoms with Crippen molar-refractivity contribution in [1.29, 1.82) is 0 Å². The maximum absolute atomic E-state index is 13.8. The molecule has 2 atom stereocenters. The van der Waals surface area contributed by atoms with Crippen LogP contribution in [0.3, 0.4) is 0 Å². The quantitative estimate of drug-likeness (QED) is 0.925. The van der Waals surface area contributed by atoms with E-state index in [4.69, 9.17) is 9.57 Å². The highest BCUT2D eigenvalue weighted by Gasteiger charge is 2.42. The minimum absolute atomic E-state index is 0.0703. The van der Waals surface area contributed by atoms with E-state index in [1.165, 1.54) is 6.07 Å². The summed E-state index contributed by atoms with van der Waals surface area (Å²) >= 11 is 0.